The number of ether oxygens (including phenoxy) is 3. The summed E-state index contributed by atoms with van der Waals surface area (Å²) in [7, 11) is 3.23. The summed E-state index contributed by atoms with van der Waals surface area (Å²) in [5.41, 5.74) is 4.75. The summed E-state index contributed by atoms with van der Waals surface area (Å²) >= 11 is 0. The number of fused-ring (bicyclic) bond motifs is 5. The molecule has 3 fully saturated rings. The number of esters is 1. The maximum atomic E-state index is 12.8. The fourth-order valence-electron chi connectivity index (χ4n) is 8.99. The molecule has 234 valence electrons. The normalized spacial score (nSPS) is 33.3. The smallest absolute Gasteiger partial charge is 0.331 e. The fourth-order valence-corrected chi connectivity index (χ4v) is 8.99. The van der Waals surface area contributed by atoms with Crippen LogP contribution in [-0.4, -0.2) is 26.3 Å². The van der Waals surface area contributed by atoms with Crippen LogP contribution < -0.4 is 9.47 Å². The maximum Gasteiger partial charge on any atom is 0.331 e. The Bertz CT molecular complexity index is 1300. The van der Waals surface area contributed by atoms with Gasteiger partial charge >= 0.3 is 5.97 Å². The average molecular weight is 587 g/mol. The van der Waals surface area contributed by atoms with Crippen LogP contribution in [0.4, 0.5) is 0 Å². The number of carbonyl (C=O) groups is 1. The molecule has 0 bridgehead atoms. The number of benzene rings is 1. The number of carbonyl (C=O) groups excluding carboxylic acids is 1. The van der Waals surface area contributed by atoms with Gasteiger partial charge in [0.05, 0.1) is 14.2 Å². The van der Waals surface area contributed by atoms with Gasteiger partial charge in [0.2, 0.25) is 0 Å². The zero-order valence-electron chi connectivity index (χ0n) is 27.8. The Hall–Kier alpha value is -2.75. The Morgan fingerprint density at radius 2 is 1.70 bits per heavy atom. The summed E-state index contributed by atoms with van der Waals surface area (Å²) in [5, 5.41) is 0. The van der Waals surface area contributed by atoms with Crippen molar-refractivity contribution in [1.82, 2.24) is 0 Å². The number of rotatable bonds is 9. The standard InChI is InChI=1S/C39H54O4/c1-25(2)26(3)9-10-27(4)32-15-16-33-31-14-13-29-24-30(19-21-38(29,5)34(31)20-22-39(32,33)6)43-37(40)18-12-28-11-17-35(41-7)36(23-28)42-8/h9-12,15-18,23,25-27,29-31,34H,13-14,19-22,24H2,1-8H3/b10-9+,18-12+/t26-,27+,29?,30-,31?,34?,38+,39+/m0/s1. The molecule has 4 heteroatoms. The first-order valence-electron chi connectivity index (χ1n) is 16.7. The lowest BCUT2D eigenvalue weighted by molar-refractivity contribution is -0.151. The zero-order valence-corrected chi connectivity index (χ0v) is 27.8. The van der Waals surface area contributed by atoms with Crippen molar-refractivity contribution < 1.29 is 19.0 Å². The van der Waals surface area contributed by atoms with Gasteiger partial charge in [-0.15, -0.1) is 0 Å². The van der Waals surface area contributed by atoms with E-state index in [1.807, 2.05) is 18.2 Å². The molecular formula is C39H54O4. The van der Waals surface area contributed by atoms with Gasteiger partial charge in [0.15, 0.2) is 11.5 Å². The molecule has 4 aliphatic rings. The van der Waals surface area contributed by atoms with Crippen LogP contribution in [0, 0.1) is 46.3 Å². The summed E-state index contributed by atoms with van der Waals surface area (Å²) in [6.07, 6.45) is 21.4. The van der Waals surface area contributed by atoms with Gasteiger partial charge in [-0.3, -0.25) is 0 Å². The molecule has 43 heavy (non-hydrogen) atoms. The van der Waals surface area contributed by atoms with E-state index >= 15 is 0 Å². The van der Waals surface area contributed by atoms with Crippen LogP contribution in [0.5, 0.6) is 11.5 Å². The van der Waals surface area contributed by atoms with Crippen LogP contribution in [0.1, 0.15) is 92.1 Å². The largest absolute Gasteiger partial charge is 0.493 e. The molecule has 0 aliphatic heterocycles. The Kier molecular flexibility index (Phi) is 9.35. The van der Waals surface area contributed by atoms with Crippen molar-refractivity contribution in [3.05, 3.63) is 65.3 Å². The minimum atomic E-state index is -0.258. The van der Waals surface area contributed by atoms with Crippen LogP contribution in [0.25, 0.3) is 6.08 Å². The number of hydrogen-bond donors (Lipinski definition) is 0. The van der Waals surface area contributed by atoms with Gasteiger partial charge in [0.25, 0.3) is 0 Å². The predicted molar refractivity (Wildman–Crippen MR) is 176 cm³/mol. The van der Waals surface area contributed by atoms with Crippen molar-refractivity contribution in [2.24, 2.45) is 46.3 Å². The Morgan fingerprint density at radius 3 is 2.42 bits per heavy atom. The molecule has 5 rings (SSSR count). The first-order valence-corrected chi connectivity index (χ1v) is 16.7. The first kappa shape index (κ1) is 31.7. The molecule has 8 atom stereocenters. The molecule has 0 amide bonds. The molecule has 1 aromatic carbocycles. The van der Waals surface area contributed by atoms with Gasteiger partial charge in [-0.1, -0.05) is 83.1 Å². The van der Waals surface area contributed by atoms with Gasteiger partial charge in [-0.05, 0) is 110 Å². The molecule has 4 aliphatic carbocycles. The quantitative estimate of drug-likeness (QED) is 0.164. The minimum absolute atomic E-state index is 0.00543. The van der Waals surface area contributed by atoms with Crippen molar-refractivity contribution in [2.45, 2.75) is 92.6 Å². The van der Waals surface area contributed by atoms with Crippen LogP contribution in [0.2, 0.25) is 0 Å². The van der Waals surface area contributed by atoms with E-state index in [-0.39, 0.29) is 17.5 Å². The summed E-state index contributed by atoms with van der Waals surface area (Å²) in [6.45, 7) is 14.4. The topological polar surface area (TPSA) is 44.8 Å². The second-order valence-electron chi connectivity index (χ2n) is 14.7. The molecule has 0 radical (unpaired) electrons. The highest BCUT2D eigenvalue weighted by molar-refractivity contribution is 5.87. The van der Waals surface area contributed by atoms with Crippen molar-refractivity contribution in [3.63, 3.8) is 0 Å². The van der Waals surface area contributed by atoms with Crippen molar-refractivity contribution in [2.75, 3.05) is 14.2 Å². The summed E-state index contributed by atoms with van der Waals surface area (Å²) in [6, 6.07) is 5.62. The van der Waals surface area contributed by atoms with E-state index < -0.39 is 0 Å². The maximum absolute atomic E-state index is 12.8. The van der Waals surface area contributed by atoms with Gasteiger partial charge in [-0.2, -0.15) is 0 Å². The highest BCUT2D eigenvalue weighted by Crippen LogP contribution is 2.65. The molecule has 4 nitrogen and oxygen atoms in total. The summed E-state index contributed by atoms with van der Waals surface area (Å²) < 4.78 is 16.7. The molecule has 0 N–H and O–H groups in total. The molecule has 0 saturated heterocycles. The van der Waals surface area contributed by atoms with E-state index in [0.29, 0.717) is 46.5 Å². The Labute approximate surface area is 260 Å². The monoisotopic (exact) mass is 586 g/mol. The first-order chi connectivity index (χ1) is 20.5. The van der Waals surface area contributed by atoms with E-state index in [4.69, 9.17) is 14.2 Å². The highest BCUT2D eigenvalue weighted by Gasteiger charge is 2.56. The molecule has 0 aromatic heterocycles. The van der Waals surface area contributed by atoms with E-state index in [0.717, 1.165) is 30.7 Å². The molecule has 0 heterocycles. The van der Waals surface area contributed by atoms with E-state index in [2.05, 4.69) is 65.8 Å². The lowest BCUT2D eigenvalue weighted by Crippen LogP contribution is -2.52. The van der Waals surface area contributed by atoms with Gasteiger partial charge in [0, 0.05) is 11.5 Å². The number of hydrogen-bond acceptors (Lipinski definition) is 4. The predicted octanol–water partition coefficient (Wildman–Crippen LogP) is 9.61. The van der Waals surface area contributed by atoms with E-state index in [1.54, 1.807) is 37.5 Å². The van der Waals surface area contributed by atoms with E-state index in [9.17, 15) is 4.79 Å². The van der Waals surface area contributed by atoms with Crippen LogP contribution >= 0.6 is 0 Å². The molecule has 3 saturated carbocycles. The van der Waals surface area contributed by atoms with Gasteiger partial charge in [0.1, 0.15) is 6.10 Å². The lowest BCUT2D eigenvalue weighted by Gasteiger charge is -2.59. The SMILES string of the molecule is COc1ccc(/C=C/C(=O)O[C@H]2CC[C@]3(C)C(CCC4C5=CC=C([C@H](C)/C=C/[C@H](C)C(C)C)[C@@]5(C)CCC43)C2)cc1OC. The van der Waals surface area contributed by atoms with Crippen LogP contribution in [0.3, 0.4) is 0 Å². The van der Waals surface area contributed by atoms with Gasteiger partial charge in [-0.25, -0.2) is 4.79 Å². The van der Waals surface area contributed by atoms with Crippen molar-refractivity contribution >= 4 is 12.0 Å². The molecule has 1 aromatic rings. The minimum Gasteiger partial charge on any atom is -0.493 e. The summed E-state index contributed by atoms with van der Waals surface area (Å²) in [4.78, 5) is 12.8. The number of methoxy groups -OCH3 is 2. The fraction of sp³-hybridized carbons (Fsp3) is 0.615. The van der Waals surface area contributed by atoms with Crippen molar-refractivity contribution in [3.8, 4) is 11.5 Å². The second kappa shape index (κ2) is 12.7. The van der Waals surface area contributed by atoms with Gasteiger partial charge < -0.3 is 14.2 Å². The Balaban J connectivity index is 1.20. The number of allylic oxidation sites excluding steroid dienone is 6. The second-order valence-corrected chi connectivity index (χ2v) is 14.7. The lowest BCUT2D eigenvalue weighted by atomic mass is 9.46. The third-order valence-corrected chi connectivity index (χ3v) is 12.1. The Morgan fingerprint density at radius 1 is 0.930 bits per heavy atom. The van der Waals surface area contributed by atoms with E-state index in [1.165, 1.54) is 25.7 Å². The third kappa shape index (κ3) is 6.13. The molecular weight excluding hydrogens is 532 g/mol. The molecule has 3 unspecified atom stereocenters. The average Bonchev–Trinajstić information content (AvgIpc) is 3.35. The third-order valence-electron chi connectivity index (χ3n) is 12.1. The summed E-state index contributed by atoms with van der Waals surface area (Å²) in [5.74, 6) is 4.85. The highest BCUT2D eigenvalue weighted by atomic mass is 16.5. The van der Waals surface area contributed by atoms with Crippen LogP contribution in [-0.2, 0) is 9.53 Å². The van der Waals surface area contributed by atoms with Crippen molar-refractivity contribution in [1.29, 1.82) is 0 Å². The molecule has 0 spiro atoms. The zero-order chi connectivity index (χ0) is 30.9. The van der Waals surface area contributed by atoms with Crippen LogP contribution in [0.15, 0.2) is 59.7 Å².